The molecular formula is C24H38Na2O9. The summed E-state index contributed by atoms with van der Waals surface area (Å²) < 4.78 is 10.8. The fourth-order valence-electron chi connectivity index (χ4n) is 4.72. The summed E-state index contributed by atoms with van der Waals surface area (Å²) in [5, 5.41) is 38.0. The fourth-order valence-corrected chi connectivity index (χ4v) is 4.72. The predicted molar refractivity (Wildman–Crippen MR) is 133 cm³/mol. The van der Waals surface area contributed by atoms with E-state index in [1.807, 2.05) is 26.0 Å². The molecule has 0 saturated heterocycles. The standard InChI is InChI=1S/C24H36O9.2Na.2H/c1-4-13(2)23(29)33-20-12-18(32-24(30)31)9-15-6-5-14(3)19(22(15)20)8-7-16(25)10-17(26)11-21(27)28;;;;/h5-6,9,13-14,16-20,22,25-26H,4,7-8,10-12H2,1-3H3,(H,27,28)(H,30,31);;;;/t13-,14-,16+,17+,18+,19-,20-,22-;;;;/m0..../s1. The van der Waals surface area contributed by atoms with Gasteiger partial charge in [0.1, 0.15) is 12.2 Å². The van der Waals surface area contributed by atoms with Crippen molar-refractivity contribution in [2.75, 3.05) is 0 Å². The van der Waals surface area contributed by atoms with E-state index in [9.17, 15) is 24.6 Å². The quantitative estimate of drug-likeness (QED) is 0.238. The average molecular weight is 517 g/mol. The van der Waals surface area contributed by atoms with Gasteiger partial charge in [-0.15, -0.1) is 0 Å². The van der Waals surface area contributed by atoms with Crippen LogP contribution in [0.15, 0.2) is 23.8 Å². The van der Waals surface area contributed by atoms with Crippen molar-refractivity contribution in [3.8, 4) is 0 Å². The van der Waals surface area contributed by atoms with Crippen molar-refractivity contribution < 1.29 is 44.3 Å². The van der Waals surface area contributed by atoms with Gasteiger partial charge in [0.25, 0.3) is 0 Å². The van der Waals surface area contributed by atoms with Gasteiger partial charge in [0.05, 0.1) is 24.5 Å². The molecule has 190 valence electrons. The molecule has 9 nitrogen and oxygen atoms in total. The maximum absolute atomic E-state index is 12.6. The number of aliphatic hydroxyl groups excluding tert-OH is 2. The van der Waals surface area contributed by atoms with E-state index in [0.717, 1.165) is 5.57 Å². The molecule has 0 fully saturated rings. The van der Waals surface area contributed by atoms with E-state index in [0.29, 0.717) is 19.3 Å². The summed E-state index contributed by atoms with van der Waals surface area (Å²) in [7, 11) is 0. The van der Waals surface area contributed by atoms with Crippen LogP contribution in [0, 0.1) is 23.7 Å². The second-order valence-corrected chi connectivity index (χ2v) is 9.24. The molecule has 0 bridgehead atoms. The second kappa shape index (κ2) is 16.5. The Morgan fingerprint density at radius 1 is 1.11 bits per heavy atom. The van der Waals surface area contributed by atoms with E-state index in [4.69, 9.17) is 19.7 Å². The summed E-state index contributed by atoms with van der Waals surface area (Å²) in [6.45, 7) is 5.71. The summed E-state index contributed by atoms with van der Waals surface area (Å²) in [6, 6.07) is 0. The first-order valence-corrected chi connectivity index (χ1v) is 11.6. The maximum atomic E-state index is 12.6. The number of hydrogen-bond acceptors (Lipinski definition) is 7. The van der Waals surface area contributed by atoms with Crippen molar-refractivity contribution in [2.45, 2.75) is 83.7 Å². The number of carboxylic acid groups (broad SMARTS) is 2. The molecule has 0 heterocycles. The summed E-state index contributed by atoms with van der Waals surface area (Å²) in [5.41, 5.74) is 0.845. The molecular weight excluding hydrogens is 478 g/mol. The van der Waals surface area contributed by atoms with E-state index in [1.54, 1.807) is 13.0 Å². The Bertz CT molecular complexity index is 770. The molecule has 0 aromatic carbocycles. The van der Waals surface area contributed by atoms with Gasteiger partial charge in [-0.05, 0) is 49.2 Å². The Balaban J connectivity index is 0.00000578. The van der Waals surface area contributed by atoms with Crippen LogP contribution in [0.4, 0.5) is 4.79 Å². The average Bonchev–Trinajstić information content (AvgIpc) is 2.71. The van der Waals surface area contributed by atoms with Crippen molar-refractivity contribution in [3.63, 3.8) is 0 Å². The number of hydrogen-bond donors (Lipinski definition) is 4. The fraction of sp³-hybridized carbons (Fsp3) is 0.708. The Morgan fingerprint density at radius 2 is 1.77 bits per heavy atom. The van der Waals surface area contributed by atoms with Crippen LogP contribution in [-0.2, 0) is 19.1 Å². The molecule has 2 aliphatic rings. The number of fused-ring (bicyclic) bond motifs is 1. The number of aliphatic carboxylic acids is 1. The van der Waals surface area contributed by atoms with E-state index in [-0.39, 0.29) is 102 Å². The van der Waals surface area contributed by atoms with Crippen LogP contribution in [0.5, 0.6) is 0 Å². The van der Waals surface area contributed by atoms with Gasteiger partial charge >= 0.3 is 77.2 Å². The molecule has 8 atom stereocenters. The Kier molecular flexibility index (Phi) is 16.3. The van der Waals surface area contributed by atoms with Gasteiger partial charge in [0.15, 0.2) is 0 Å². The van der Waals surface area contributed by atoms with Crippen LogP contribution in [0.1, 0.15) is 59.3 Å². The van der Waals surface area contributed by atoms with Crippen molar-refractivity contribution in [1.82, 2.24) is 0 Å². The molecule has 2 rings (SSSR count). The molecule has 0 radical (unpaired) electrons. The molecule has 0 amide bonds. The molecule has 2 aliphatic carbocycles. The molecule has 0 saturated carbocycles. The van der Waals surface area contributed by atoms with Crippen LogP contribution in [0.2, 0.25) is 0 Å². The van der Waals surface area contributed by atoms with Crippen molar-refractivity contribution in [2.24, 2.45) is 23.7 Å². The van der Waals surface area contributed by atoms with Crippen molar-refractivity contribution >= 4 is 77.2 Å². The van der Waals surface area contributed by atoms with Crippen molar-refractivity contribution in [3.05, 3.63) is 23.8 Å². The van der Waals surface area contributed by atoms with Crippen LogP contribution in [-0.4, -0.2) is 122 Å². The first kappa shape index (κ1) is 34.6. The van der Waals surface area contributed by atoms with Gasteiger partial charge < -0.3 is 29.9 Å². The zero-order valence-electron chi connectivity index (χ0n) is 19.4. The summed E-state index contributed by atoms with van der Waals surface area (Å²) in [6.07, 6.45) is 2.33. The molecule has 0 aromatic heterocycles. The van der Waals surface area contributed by atoms with Crippen molar-refractivity contribution in [1.29, 1.82) is 0 Å². The minimum absolute atomic E-state index is 0. The summed E-state index contributed by atoms with van der Waals surface area (Å²) >= 11 is 0. The van der Waals surface area contributed by atoms with Gasteiger partial charge in [-0.3, -0.25) is 9.59 Å². The third-order valence-electron chi connectivity index (χ3n) is 6.68. The first-order chi connectivity index (χ1) is 15.5. The third kappa shape index (κ3) is 10.9. The Morgan fingerprint density at radius 3 is 2.34 bits per heavy atom. The molecule has 11 heteroatoms. The molecule has 0 aromatic rings. The predicted octanol–water partition coefficient (Wildman–Crippen LogP) is 1.85. The van der Waals surface area contributed by atoms with Gasteiger partial charge in [-0.2, -0.15) is 0 Å². The number of ether oxygens (including phenoxy) is 2. The topological polar surface area (TPSA) is 151 Å². The van der Waals surface area contributed by atoms with Gasteiger partial charge in [-0.25, -0.2) is 4.79 Å². The number of aliphatic hydroxyl groups is 2. The zero-order valence-corrected chi connectivity index (χ0v) is 19.4. The molecule has 4 N–H and O–H groups in total. The second-order valence-electron chi connectivity index (χ2n) is 9.24. The zero-order chi connectivity index (χ0) is 24.7. The Hall–Kier alpha value is -0.390. The summed E-state index contributed by atoms with van der Waals surface area (Å²) in [4.78, 5) is 34.4. The summed E-state index contributed by atoms with van der Waals surface area (Å²) in [5.74, 6) is -1.80. The molecule has 0 aliphatic heterocycles. The number of rotatable bonds is 11. The van der Waals surface area contributed by atoms with Gasteiger partial charge in [0, 0.05) is 12.3 Å². The van der Waals surface area contributed by atoms with E-state index in [2.05, 4.69) is 0 Å². The first-order valence-electron chi connectivity index (χ1n) is 11.6. The molecule has 0 spiro atoms. The number of esters is 1. The number of carboxylic acids is 1. The SMILES string of the molecule is CC[C@H](C)C(=O)O[C@H]1C[C@H](OC(=O)O)C=C2C=C[C@H](C)[C@H](CC[C@@H](O)C[C@@H](O)CC(=O)O)[C@H]21.[NaH].[NaH]. The van der Waals surface area contributed by atoms with E-state index >= 15 is 0 Å². The van der Waals surface area contributed by atoms with Crippen LogP contribution < -0.4 is 0 Å². The van der Waals surface area contributed by atoms with Gasteiger partial charge in [-0.1, -0.05) is 32.9 Å². The number of carbonyl (C=O) groups excluding carboxylic acids is 1. The number of carbonyl (C=O) groups is 3. The van der Waals surface area contributed by atoms with Crippen LogP contribution in [0.3, 0.4) is 0 Å². The van der Waals surface area contributed by atoms with Crippen LogP contribution in [0.25, 0.3) is 0 Å². The monoisotopic (exact) mass is 516 g/mol. The number of allylic oxidation sites excluding steroid dienone is 2. The third-order valence-corrected chi connectivity index (χ3v) is 6.68. The van der Waals surface area contributed by atoms with Crippen LogP contribution >= 0.6 is 0 Å². The Labute approximate surface area is 250 Å². The normalized spacial score (nSPS) is 27.6. The van der Waals surface area contributed by atoms with E-state index in [1.165, 1.54) is 0 Å². The van der Waals surface area contributed by atoms with Gasteiger partial charge in [0.2, 0.25) is 0 Å². The molecule has 0 unspecified atom stereocenters. The van der Waals surface area contributed by atoms with E-state index < -0.39 is 43.0 Å². The molecule has 35 heavy (non-hydrogen) atoms. The minimum atomic E-state index is -1.39.